The zero-order valence-corrected chi connectivity index (χ0v) is 18.2. The van der Waals surface area contributed by atoms with Crippen molar-refractivity contribution < 1.29 is 28.3 Å². The first-order valence-corrected chi connectivity index (χ1v) is 10.8. The number of hydrogen-bond donors (Lipinski definition) is 3. The number of hydroxylamine groups is 2. The summed E-state index contributed by atoms with van der Waals surface area (Å²) in [7, 11) is 0. The molecule has 1 aliphatic rings. The van der Waals surface area contributed by atoms with Crippen molar-refractivity contribution in [1.82, 2.24) is 20.0 Å². The van der Waals surface area contributed by atoms with E-state index in [1.54, 1.807) is 18.3 Å². The largest absolute Gasteiger partial charge is 0.433 e. The van der Waals surface area contributed by atoms with Gasteiger partial charge in [-0.15, -0.1) is 11.3 Å². The quantitative estimate of drug-likeness (QED) is 0.483. The Bertz CT molecular complexity index is 1170. The minimum absolute atomic E-state index is 0.102. The highest BCUT2D eigenvalue weighted by molar-refractivity contribution is 7.15. The SMILES string of the molecule is Cc1cc(Nc2nccc(C(F)(F)F)n2)cc(-c2cnc(C3CCN(O)C(=O)C(O)C3)s2)c1. The number of aryl methyl sites for hydroxylation is 1. The molecule has 0 spiro atoms. The predicted molar refractivity (Wildman–Crippen MR) is 114 cm³/mol. The van der Waals surface area contributed by atoms with Crippen LogP contribution in [0.15, 0.2) is 36.7 Å². The molecule has 1 saturated heterocycles. The number of alkyl halides is 3. The highest BCUT2D eigenvalue weighted by Crippen LogP contribution is 2.36. The average Bonchev–Trinajstić information content (AvgIpc) is 3.20. The lowest BCUT2D eigenvalue weighted by atomic mass is 10.0. The highest BCUT2D eigenvalue weighted by atomic mass is 32.1. The van der Waals surface area contributed by atoms with E-state index in [-0.39, 0.29) is 24.8 Å². The van der Waals surface area contributed by atoms with E-state index in [0.717, 1.165) is 33.3 Å². The van der Waals surface area contributed by atoms with Crippen molar-refractivity contribution in [3.05, 3.63) is 52.9 Å². The fraction of sp³-hybridized carbons (Fsp3) is 0.333. The van der Waals surface area contributed by atoms with Crippen LogP contribution in [0.25, 0.3) is 10.4 Å². The third kappa shape index (κ3) is 5.29. The fourth-order valence-corrected chi connectivity index (χ4v) is 4.64. The molecule has 0 saturated carbocycles. The molecule has 0 radical (unpaired) electrons. The van der Waals surface area contributed by atoms with Gasteiger partial charge in [-0.05, 0) is 49.1 Å². The van der Waals surface area contributed by atoms with E-state index in [1.165, 1.54) is 11.3 Å². The van der Waals surface area contributed by atoms with E-state index in [0.29, 0.717) is 17.2 Å². The Morgan fingerprint density at radius 3 is 2.79 bits per heavy atom. The van der Waals surface area contributed by atoms with Gasteiger partial charge in [0.2, 0.25) is 5.95 Å². The number of aliphatic hydroxyl groups excluding tert-OH is 1. The van der Waals surface area contributed by atoms with Crippen LogP contribution in [0.3, 0.4) is 0 Å². The molecule has 0 bridgehead atoms. The van der Waals surface area contributed by atoms with Crippen molar-refractivity contribution in [2.75, 3.05) is 11.9 Å². The van der Waals surface area contributed by atoms with Crippen LogP contribution in [-0.2, 0) is 11.0 Å². The molecule has 4 rings (SSSR count). The second-order valence-electron chi connectivity index (χ2n) is 7.74. The smallest absolute Gasteiger partial charge is 0.383 e. The second kappa shape index (κ2) is 9.04. The summed E-state index contributed by atoms with van der Waals surface area (Å²) in [6.07, 6.45) is -2.52. The van der Waals surface area contributed by atoms with E-state index in [2.05, 4.69) is 20.3 Å². The minimum atomic E-state index is -4.57. The van der Waals surface area contributed by atoms with Crippen LogP contribution < -0.4 is 5.32 Å². The lowest BCUT2D eigenvalue weighted by Gasteiger charge is -2.12. The van der Waals surface area contributed by atoms with Gasteiger partial charge in [-0.1, -0.05) is 6.07 Å². The van der Waals surface area contributed by atoms with Gasteiger partial charge in [0.15, 0.2) is 0 Å². The summed E-state index contributed by atoms with van der Waals surface area (Å²) < 4.78 is 38.8. The molecule has 3 N–H and O–H groups in total. The van der Waals surface area contributed by atoms with Gasteiger partial charge in [0.1, 0.15) is 11.8 Å². The van der Waals surface area contributed by atoms with Crippen LogP contribution in [0.2, 0.25) is 0 Å². The molecule has 1 aliphatic heterocycles. The molecule has 2 unspecified atom stereocenters. The summed E-state index contributed by atoms with van der Waals surface area (Å²) in [6.45, 7) is 1.96. The number of rotatable bonds is 4. The Balaban J connectivity index is 1.57. The number of aromatic nitrogens is 3. The van der Waals surface area contributed by atoms with Crippen LogP contribution in [0.1, 0.15) is 35.0 Å². The molecule has 12 heteroatoms. The maximum Gasteiger partial charge on any atom is 0.433 e. The van der Waals surface area contributed by atoms with Crippen molar-refractivity contribution in [3.8, 4) is 10.4 Å². The first kappa shape index (κ1) is 23.1. The number of thiazole rings is 1. The van der Waals surface area contributed by atoms with Crippen LogP contribution in [0.5, 0.6) is 0 Å². The number of aliphatic hydroxyl groups is 1. The molecular formula is C21H20F3N5O3S. The molecule has 2 atom stereocenters. The Morgan fingerprint density at radius 2 is 2.03 bits per heavy atom. The molecule has 33 heavy (non-hydrogen) atoms. The van der Waals surface area contributed by atoms with Gasteiger partial charge in [0, 0.05) is 30.5 Å². The van der Waals surface area contributed by atoms with Crippen molar-refractivity contribution in [3.63, 3.8) is 0 Å². The number of anilines is 2. The number of carbonyl (C=O) groups excluding carboxylic acids is 1. The molecule has 1 aromatic carbocycles. The number of carbonyl (C=O) groups is 1. The molecule has 174 valence electrons. The molecular weight excluding hydrogens is 459 g/mol. The van der Waals surface area contributed by atoms with E-state index in [4.69, 9.17) is 0 Å². The molecule has 0 aliphatic carbocycles. The zero-order chi connectivity index (χ0) is 23.8. The van der Waals surface area contributed by atoms with E-state index in [9.17, 15) is 28.3 Å². The van der Waals surface area contributed by atoms with Crippen molar-refractivity contribution in [2.24, 2.45) is 0 Å². The maximum atomic E-state index is 12.9. The predicted octanol–water partition coefficient (Wildman–Crippen LogP) is 4.13. The van der Waals surface area contributed by atoms with Gasteiger partial charge in [-0.3, -0.25) is 10.0 Å². The van der Waals surface area contributed by atoms with E-state index >= 15 is 0 Å². The number of nitrogens with zero attached hydrogens (tertiary/aromatic N) is 4. The van der Waals surface area contributed by atoms with E-state index in [1.807, 2.05) is 13.0 Å². The number of benzene rings is 1. The molecule has 8 nitrogen and oxygen atoms in total. The standard InChI is InChI=1S/C21H20F3N5O3S/c1-11-6-13(8-14(7-11)27-20-25-4-2-17(28-20)21(22,23)24)16-10-26-18(33-16)12-3-5-29(32)19(31)15(30)9-12/h2,4,6-8,10,12,15,30,32H,3,5,9H2,1H3,(H,25,27,28). The summed E-state index contributed by atoms with van der Waals surface area (Å²) in [6, 6.07) is 6.24. The molecule has 2 aromatic heterocycles. The van der Waals surface area contributed by atoms with Crippen molar-refractivity contribution in [2.45, 2.75) is 38.0 Å². The molecule has 3 heterocycles. The van der Waals surface area contributed by atoms with Crippen LogP contribution in [0, 0.1) is 6.92 Å². The third-order valence-electron chi connectivity index (χ3n) is 5.17. The van der Waals surface area contributed by atoms with Crippen molar-refractivity contribution >= 4 is 28.9 Å². The monoisotopic (exact) mass is 479 g/mol. The Kier molecular flexibility index (Phi) is 6.32. The Hall–Kier alpha value is -3.09. The fourth-order valence-electron chi connectivity index (χ4n) is 3.59. The highest BCUT2D eigenvalue weighted by Gasteiger charge is 2.33. The minimum Gasteiger partial charge on any atom is -0.383 e. The first-order valence-electron chi connectivity index (χ1n) is 10.0. The summed E-state index contributed by atoms with van der Waals surface area (Å²) in [4.78, 5) is 24.4. The molecule has 1 amide bonds. The number of halogens is 3. The summed E-state index contributed by atoms with van der Waals surface area (Å²) in [5, 5.41) is 23.7. The summed E-state index contributed by atoms with van der Waals surface area (Å²) in [5.41, 5.74) is 1.14. The Morgan fingerprint density at radius 1 is 1.24 bits per heavy atom. The topological polar surface area (TPSA) is 111 Å². The van der Waals surface area contributed by atoms with E-state index < -0.39 is 23.9 Å². The van der Waals surface area contributed by atoms with Gasteiger partial charge in [-0.2, -0.15) is 13.2 Å². The summed E-state index contributed by atoms with van der Waals surface area (Å²) in [5.74, 6) is -1.08. The van der Waals surface area contributed by atoms with Gasteiger partial charge in [-0.25, -0.2) is 20.0 Å². The second-order valence-corrected chi connectivity index (χ2v) is 8.80. The summed E-state index contributed by atoms with van der Waals surface area (Å²) >= 11 is 1.39. The average molecular weight is 479 g/mol. The molecule has 1 fully saturated rings. The lowest BCUT2D eigenvalue weighted by molar-refractivity contribution is -0.172. The van der Waals surface area contributed by atoms with Gasteiger partial charge < -0.3 is 10.4 Å². The number of amides is 1. The van der Waals surface area contributed by atoms with Gasteiger partial charge in [0.05, 0.1) is 9.88 Å². The zero-order valence-electron chi connectivity index (χ0n) is 17.4. The van der Waals surface area contributed by atoms with Crippen molar-refractivity contribution in [1.29, 1.82) is 0 Å². The van der Waals surface area contributed by atoms with Gasteiger partial charge >= 0.3 is 6.18 Å². The number of hydrogen-bond acceptors (Lipinski definition) is 8. The maximum absolute atomic E-state index is 12.9. The van der Waals surface area contributed by atoms with Gasteiger partial charge in [0.25, 0.3) is 5.91 Å². The lowest BCUT2D eigenvalue weighted by Crippen LogP contribution is -2.34. The molecule has 3 aromatic rings. The number of nitrogens with one attached hydrogen (secondary N) is 1. The van der Waals surface area contributed by atoms with Crippen LogP contribution >= 0.6 is 11.3 Å². The first-order chi connectivity index (χ1) is 15.6. The Labute approximate surface area is 190 Å². The van der Waals surface area contributed by atoms with Crippen LogP contribution in [-0.4, -0.2) is 48.9 Å². The third-order valence-corrected chi connectivity index (χ3v) is 6.38. The normalized spacial score (nSPS) is 19.5. The van der Waals surface area contributed by atoms with Crippen LogP contribution in [0.4, 0.5) is 24.8 Å².